The van der Waals surface area contributed by atoms with Crippen LogP contribution in [0.5, 0.6) is 0 Å². The number of halogens is 2. The largest absolute Gasteiger partial charge is 0.451 e. The van der Waals surface area contributed by atoms with E-state index in [9.17, 15) is 14.0 Å². The lowest BCUT2D eigenvalue weighted by Gasteiger charge is -2.19. The van der Waals surface area contributed by atoms with Crippen molar-refractivity contribution < 1.29 is 18.7 Å². The standard InChI is InChI=1S/C28H26ClFO3/c1-18(26(31)21-7-11-22(12-8-21)28(2,3)4)33-27(32)25(20-9-15-24(30)16-10-20)17-19-5-13-23(29)14-6-19/h5-18H,1-4H3/b25-17+/t18-/m0/s1. The van der Waals surface area contributed by atoms with Crippen LogP contribution in [-0.2, 0) is 14.9 Å². The number of esters is 1. The first kappa shape index (κ1) is 24.4. The van der Waals surface area contributed by atoms with Gasteiger partial charge in [0.05, 0.1) is 5.57 Å². The summed E-state index contributed by atoms with van der Waals surface area (Å²) in [5.74, 6) is -1.39. The minimum Gasteiger partial charge on any atom is -0.451 e. The summed E-state index contributed by atoms with van der Waals surface area (Å²) < 4.78 is 19.0. The van der Waals surface area contributed by atoms with E-state index in [0.717, 1.165) is 5.56 Å². The number of hydrogen-bond acceptors (Lipinski definition) is 3. The molecule has 1 atom stereocenters. The van der Waals surface area contributed by atoms with E-state index in [2.05, 4.69) is 20.8 Å². The number of ketones is 1. The normalized spacial score (nSPS) is 12.8. The molecule has 0 aromatic heterocycles. The molecule has 0 fully saturated rings. The Morgan fingerprint density at radius 2 is 1.42 bits per heavy atom. The topological polar surface area (TPSA) is 43.4 Å². The molecular formula is C28H26ClFO3. The fourth-order valence-corrected chi connectivity index (χ4v) is 3.39. The molecular weight excluding hydrogens is 439 g/mol. The zero-order valence-electron chi connectivity index (χ0n) is 19.1. The van der Waals surface area contributed by atoms with Gasteiger partial charge in [-0.2, -0.15) is 0 Å². The van der Waals surface area contributed by atoms with Crippen molar-refractivity contribution in [1.82, 2.24) is 0 Å². The minimum atomic E-state index is -0.993. The molecule has 3 nitrogen and oxygen atoms in total. The SMILES string of the molecule is C[C@H](OC(=O)/C(=C/c1ccc(Cl)cc1)c1ccc(F)cc1)C(=O)c1ccc(C(C)(C)C)cc1. The van der Waals surface area contributed by atoms with Gasteiger partial charge in [-0.25, -0.2) is 9.18 Å². The second-order valence-electron chi connectivity index (χ2n) is 8.86. The molecule has 0 heterocycles. The van der Waals surface area contributed by atoms with E-state index in [-0.39, 0.29) is 16.8 Å². The number of hydrogen-bond donors (Lipinski definition) is 0. The van der Waals surface area contributed by atoms with Gasteiger partial charge in [-0.05, 0) is 59.4 Å². The maximum atomic E-state index is 13.4. The number of rotatable bonds is 6. The summed E-state index contributed by atoms with van der Waals surface area (Å²) in [6.07, 6.45) is 0.633. The van der Waals surface area contributed by atoms with Crippen molar-refractivity contribution >= 4 is 35.0 Å². The summed E-state index contributed by atoms with van der Waals surface area (Å²) in [7, 11) is 0. The van der Waals surface area contributed by atoms with Crippen LogP contribution >= 0.6 is 11.6 Å². The van der Waals surface area contributed by atoms with Crippen molar-refractivity contribution in [3.8, 4) is 0 Å². The Hall–Kier alpha value is -3.24. The number of carbonyl (C=O) groups excluding carboxylic acids is 2. The molecule has 3 aromatic carbocycles. The molecule has 0 saturated heterocycles. The summed E-state index contributed by atoms with van der Waals surface area (Å²) in [6.45, 7) is 7.83. The molecule has 33 heavy (non-hydrogen) atoms. The molecule has 0 bridgehead atoms. The molecule has 0 amide bonds. The van der Waals surface area contributed by atoms with Crippen molar-refractivity contribution in [2.75, 3.05) is 0 Å². The van der Waals surface area contributed by atoms with Gasteiger partial charge < -0.3 is 4.74 Å². The first-order valence-electron chi connectivity index (χ1n) is 10.6. The van der Waals surface area contributed by atoms with Crippen LogP contribution in [0, 0.1) is 5.82 Å². The van der Waals surface area contributed by atoms with E-state index >= 15 is 0 Å². The van der Waals surface area contributed by atoms with Gasteiger partial charge in [-0.3, -0.25) is 4.79 Å². The lowest BCUT2D eigenvalue weighted by atomic mass is 9.86. The van der Waals surface area contributed by atoms with E-state index in [1.807, 2.05) is 12.1 Å². The highest BCUT2D eigenvalue weighted by Gasteiger charge is 2.23. The van der Waals surface area contributed by atoms with Crippen LogP contribution in [0.1, 0.15) is 54.7 Å². The van der Waals surface area contributed by atoms with E-state index in [0.29, 0.717) is 21.7 Å². The van der Waals surface area contributed by atoms with Crippen molar-refractivity contribution in [2.24, 2.45) is 0 Å². The molecule has 0 aliphatic heterocycles. The van der Waals surface area contributed by atoms with Gasteiger partial charge in [0.2, 0.25) is 5.78 Å². The van der Waals surface area contributed by atoms with Gasteiger partial charge in [-0.15, -0.1) is 0 Å². The van der Waals surface area contributed by atoms with Crippen LogP contribution in [0.3, 0.4) is 0 Å². The Labute approximate surface area is 198 Å². The average molecular weight is 465 g/mol. The van der Waals surface area contributed by atoms with E-state index in [1.165, 1.54) is 24.3 Å². The van der Waals surface area contributed by atoms with Crippen LogP contribution in [0.4, 0.5) is 4.39 Å². The number of carbonyl (C=O) groups is 2. The maximum absolute atomic E-state index is 13.4. The van der Waals surface area contributed by atoms with Gasteiger partial charge in [0, 0.05) is 10.6 Å². The van der Waals surface area contributed by atoms with Crippen LogP contribution in [0.15, 0.2) is 72.8 Å². The molecule has 0 aliphatic carbocycles. The van der Waals surface area contributed by atoms with E-state index < -0.39 is 17.9 Å². The molecule has 5 heteroatoms. The number of benzene rings is 3. The highest BCUT2D eigenvalue weighted by atomic mass is 35.5. The lowest BCUT2D eigenvalue weighted by Crippen LogP contribution is -2.25. The van der Waals surface area contributed by atoms with Gasteiger partial charge in [0.25, 0.3) is 0 Å². The highest BCUT2D eigenvalue weighted by Crippen LogP contribution is 2.24. The van der Waals surface area contributed by atoms with Crippen LogP contribution in [0.2, 0.25) is 5.02 Å². The summed E-state index contributed by atoms with van der Waals surface area (Å²) in [6, 6.07) is 19.8. The Morgan fingerprint density at radius 1 is 0.879 bits per heavy atom. The number of Topliss-reactive ketones (excluding diaryl/α,β-unsaturated/α-hetero) is 1. The van der Waals surface area contributed by atoms with Crippen LogP contribution in [-0.4, -0.2) is 17.9 Å². The molecule has 170 valence electrons. The molecule has 0 aliphatic rings. The summed E-state index contributed by atoms with van der Waals surface area (Å²) in [5, 5.41) is 0.565. The fraction of sp³-hybridized carbons (Fsp3) is 0.214. The summed E-state index contributed by atoms with van der Waals surface area (Å²) in [4.78, 5) is 25.9. The van der Waals surface area contributed by atoms with Crippen LogP contribution in [0.25, 0.3) is 11.6 Å². The Morgan fingerprint density at radius 3 is 1.97 bits per heavy atom. The first-order valence-corrected chi connectivity index (χ1v) is 11.0. The second-order valence-corrected chi connectivity index (χ2v) is 9.29. The zero-order valence-corrected chi connectivity index (χ0v) is 19.8. The van der Waals surface area contributed by atoms with Crippen molar-refractivity contribution in [1.29, 1.82) is 0 Å². The predicted octanol–water partition coefficient (Wildman–Crippen LogP) is 7.13. The first-order chi connectivity index (χ1) is 15.5. The zero-order chi connectivity index (χ0) is 24.2. The van der Waals surface area contributed by atoms with Gasteiger partial charge in [0.1, 0.15) is 5.82 Å². The summed E-state index contributed by atoms with van der Waals surface area (Å²) >= 11 is 5.95. The molecule has 0 saturated carbocycles. The van der Waals surface area contributed by atoms with Crippen molar-refractivity contribution in [3.63, 3.8) is 0 Å². The maximum Gasteiger partial charge on any atom is 0.339 e. The third kappa shape index (κ3) is 6.39. The molecule has 0 unspecified atom stereocenters. The Bertz CT molecular complexity index is 1160. The van der Waals surface area contributed by atoms with Crippen molar-refractivity contribution in [2.45, 2.75) is 39.2 Å². The molecule has 0 N–H and O–H groups in total. The minimum absolute atomic E-state index is 0.0316. The monoisotopic (exact) mass is 464 g/mol. The predicted molar refractivity (Wildman–Crippen MR) is 131 cm³/mol. The summed E-state index contributed by atoms with van der Waals surface area (Å²) in [5.41, 5.74) is 2.94. The van der Waals surface area contributed by atoms with E-state index in [4.69, 9.17) is 16.3 Å². The van der Waals surface area contributed by atoms with Crippen LogP contribution < -0.4 is 0 Å². The van der Waals surface area contributed by atoms with Gasteiger partial charge >= 0.3 is 5.97 Å². The molecule has 0 radical (unpaired) electrons. The molecule has 0 spiro atoms. The average Bonchev–Trinajstić information content (AvgIpc) is 2.78. The third-order valence-corrected chi connectivity index (χ3v) is 5.50. The van der Waals surface area contributed by atoms with Crippen molar-refractivity contribution in [3.05, 3.63) is 106 Å². The molecule has 3 aromatic rings. The van der Waals surface area contributed by atoms with Gasteiger partial charge in [-0.1, -0.05) is 80.9 Å². The third-order valence-electron chi connectivity index (χ3n) is 5.24. The smallest absolute Gasteiger partial charge is 0.339 e. The lowest BCUT2D eigenvalue weighted by molar-refractivity contribution is -0.139. The highest BCUT2D eigenvalue weighted by molar-refractivity contribution is 6.30. The Kier molecular flexibility index (Phi) is 7.50. The second kappa shape index (κ2) is 10.1. The fourth-order valence-electron chi connectivity index (χ4n) is 3.26. The quantitative estimate of drug-likeness (QED) is 0.168. The van der Waals surface area contributed by atoms with Gasteiger partial charge in [0.15, 0.2) is 6.10 Å². The molecule has 3 rings (SSSR count). The van der Waals surface area contributed by atoms with E-state index in [1.54, 1.807) is 49.4 Å². The Balaban J connectivity index is 1.84. The number of ether oxygens (including phenoxy) is 1.